The molecule has 1 aliphatic heterocycles. The fourth-order valence-corrected chi connectivity index (χ4v) is 5.44. The van der Waals surface area contributed by atoms with Gasteiger partial charge in [-0.05, 0) is 32.9 Å². The fourth-order valence-electron chi connectivity index (χ4n) is 3.94. The zero-order chi connectivity index (χ0) is 29.8. The van der Waals surface area contributed by atoms with Crippen molar-refractivity contribution in [1.29, 1.82) is 0 Å². The third-order valence-corrected chi connectivity index (χ3v) is 7.81. The minimum Gasteiger partial charge on any atom is -0.453 e. The highest BCUT2D eigenvalue weighted by molar-refractivity contribution is 7.52. The van der Waals surface area contributed by atoms with Crippen LogP contribution < -0.4 is 20.9 Å². The standard InChI is InChI=1S/C25H33FN3O10P/c1-14(2)20(31)16(4)37-22(33)15(3)28-40(35,39-17-9-7-6-8-10-17)36-13-18-21(32)25(5,26)23(38-18)29-12-11-19(30)27-24(29)34/h6-12,14-16,18,21,23,32H,13H2,1-5H3,(H,28,35)(H,27,30,34)/t15-,16-,18?,21+,23?,25+,40-/m0/s1. The molecule has 3 rings (SSSR count). The van der Waals surface area contributed by atoms with Crippen molar-refractivity contribution in [3.8, 4) is 5.75 Å². The number of aromatic nitrogens is 2. The summed E-state index contributed by atoms with van der Waals surface area (Å²) in [4.78, 5) is 50.3. The third kappa shape index (κ3) is 7.32. The highest BCUT2D eigenvalue weighted by atomic mass is 31.2. The van der Waals surface area contributed by atoms with E-state index in [-0.39, 0.29) is 17.5 Å². The van der Waals surface area contributed by atoms with Crippen LogP contribution in [0.5, 0.6) is 5.75 Å². The van der Waals surface area contributed by atoms with Gasteiger partial charge >= 0.3 is 19.4 Å². The third-order valence-electron chi connectivity index (χ3n) is 6.17. The molecule has 0 radical (unpaired) electrons. The number of aromatic amines is 1. The first-order chi connectivity index (χ1) is 18.6. The van der Waals surface area contributed by atoms with E-state index < -0.39 is 67.8 Å². The SMILES string of the molecule is CC(C)C(=O)[C@H](C)OC(=O)[C@H](C)N[P@](=O)(OCC1OC(n2ccc(=O)[nH]c2=O)[C@](C)(F)[C@@H]1O)Oc1ccccc1. The lowest BCUT2D eigenvalue weighted by Crippen LogP contribution is -2.44. The number of Topliss-reactive ketones (excluding diaryl/α,β-unsaturated/α-hetero) is 1. The molecule has 1 saturated heterocycles. The Morgan fingerprint density at radius 1 is 1.20 bits per heavy atom. The number of ether oxygens (including phenoxy) is 2. The van der Waals surface area contributed by atoms with Gasteiger partial charge in [-0.2, -0.15) is 5.09 Å². The van der Waals surface area contributed by atoms with Gasteiger partial charge in [0.15, 0.2) is 23.8 Å². The Labute approximate surface area is 229 Å². The van der Waals surface area contributed by atoms with E-state index in [0.29, 0.717) is 0 Å². The van der Waals surface area contributed by atoms with E-state index in [1.807, 2.05) is 4.98 Å². The van der Waals surface area contributed by atoms with Crippen LogP contribution in [-0.4, -0.2) is 63.0 Å². The van der Waals surface area contributed by atoms with Crippen molar-refractivity contribution in [3.05, 3.63) is 63.4 Å². The van der Waals surface area contributed by atoms with Crippen molar-refractivity contribution < 1.29 is 42.2 Å². The van der Waals surface area contributed by atoms with E-state index in [1.54, 1.807) is 32.0 Å². The van der Waals surface area contributed by atoms with Gasteiger partial charge in [0.1, 0.15) is 24.0 Å². The number of nitrogens with one attached hydrogen (secondary N) is 2. The van der Waals surface area contributed by atoms with Gasteiger partial charge in [0, 0.05) is 18.2 Å². The van der Waals surface area contributed by atoms with Gasteiger partial charge in [-0.1, -0.05) is 32.0 Å². The van der Waals surface area contributed by atoms with Gasteiger partial charge in [-0.25, -0.2) is 13.8 Å². The lowest BCUT2D eigenvalue weighted by Gasteiger charge is -2.25. The van der Waals surface area contributed by atoms with Gasteiger partial charge in [0.25, 0.3) is 5.56 Å². The van der Waals surface area contributed by atoms with Crippen LogP contribution in [0.2, 0.25) is 0 Å². The van der Waals surface area contributed by atoms with E-state index in [9.17, 15) is 28.8 Å². The first-order valence-electron chi connectivity index (χ1n) is 12.5. The number of hydrogen-bond donors (Lipinski definition) is 3. The fraction of sp³-hybridized carbons (Fsp3) is 0.520. The van der Waals surface area contributed by atoms with Crippen molar-refractivity contribution in [3.63, 3.8) is 0 Å². The molecule has 2 aromatic rings. The topological polar surface area (TPSA) is 175 Å². The molecule has 0 bridgehead atoms. The molecule has 220 valence electrons. The smallest absolute Gasteiger partial charge is 0.453 e. The van der Waals surface area contributed by atoms with Crippen molar-refractivity contribution in [2.75, 3.05) is 6.61 Å². The summed E-state index contributed by atoms with van der Waals surface area (Å²) in [7, 11) is -4.43. The number of alkyl halides is 1. The van der Waals surface area contributed by atoms with Crippen molar-refractivity contribution in [2.24, 2.45) is 5.92 Å². The summed E-state index contributed by atoms with van der Waals surface area (Å²) >= 11 is 0. The van der Waals surface area contributed by atoms with Gasteiger partial charge < -0.3 is 19.1 Å². The first-order valence-corrected chi connectivity index (χ1v) is 14.0. The predicted molar refractivity (Wildman–Crippen MR) is 139 cm³/mol. The van der Waals surface area contributed by atoms with E-state index in [2.05, 4.69) is 5.09 Å². The highest BCUT2D eigenvalue weighted by Gasteiger charge is 2.56. The maximum absolute atomic E-state index is 15.5. The normalized spacial score (nSPS) is 25.6. The molecule has 1 aromatic heterocycles. The molecule has 13 nitrogen and oxygen atoms in total. The summed E-state index contributed by atoms with van der Waals surface area (Å²) in [5.41, 5.74) is -4.20. The average molecular weight is 586 g/mol. The van der Waals surface area contributed by atoms with Crippen LogP contribution >= 0.6 is 7.75 Å². The molecule has 2 unspecified atom stereocenters. The summed E-state index contributed by atoms with van der Waals surface area (Å²) in [6.07, 6.45) is -4.99. The molecule has 1 aromatic carbocycles. The zero-order valence-electron chi connectivity index (χ0n) is 22.6. The van der Waals surface area contributed by atoms with E-state index in [4.69, 9.17) is 18.5 Å². The molecule has 1 fully saturated rings. The summed E-state index contributed by atoms with van der Waals surface area (Å²) in [5.74, 6) is -1.49. The number of nitrogens with zero attached hydrogens (tertiary/aromatic N) is 1. The minimum atomic E-state index is -4.43. The molecular weight excluding hydrogens is 552 g/mol. The van der Waals surface area contributed by atoms with Crippen LogP contribution in [0.15, 0.2) is 52.2 Å². The van der Waals surface area contributed by atoms with Gasteiger partial charge in [-0.15, -0.1) is 0 Å². The summed E-state index contributed by atoms with van der Waals surface area (Å²) in [6, 6.07) is 7.53. The molecule has 2 heterocycles. The van der Waals surface area contributed by atoms with E-state index >= 15 is 4.39 Å². The minimum absolute atomic E-state index is 0.100. The molecule has 0 amide bonds. The van der Waals surface area contributed by atoms with Gasteiger partial charge in [0.2, 0.25) is 0 Å². The maximum Gasteiger partial charge on any atom is 0.459 e. The second kappa shape index (κ2) is 12.6. The maximum atomic E-state index is 15.5. The van der Waals surface area contributed by atoms with E-state index in [1.165, 1.54) is 26.0 Å². The van der Waals surface area contributed by atoms with E-state index in [0.717, 1.165) is 23.8 Å². The first kappa shape index (κ1) is 31.4. The van der Waals surface area contributed by atoms with Crippen molar-refractivity contribution in [2.45, 2.75) is 70.9 Å². The Hall–Kier alpha value is -3.16. The largest absolute Gasteiger partial charge is 0.459 e. The molecule has 0 saturated carbocycles. The van der Waals surface area contributed by atoms with Crippen LogP contribution in [0.3, 0.4) is 0 Å². The quantitative estimate of drug-likeness (QED) is 0.245. The predicted octanol–water partition coefficient (Wildman–Crippen LogP) is 1.86. The lowest BCUT2D eigenvalue weighted by atomic mass is 9.98. The zero-order valence-corrected chi connectivity index (χ0v) is 23.5. The number of carbonyl (C=O) groups is 2. The summed E-state index contributed by atoms with van der Waals surface area (Å²) < 4.78 is 51.8. The number of benzene rings is 1. The number of carbonyl (C=O) groups excluding carboxylic acids is 2. The van der Waals surface area contributed by atoms with Crippen LogP contribution in [-0.2, 0) is 28.2 Å². The second-order valence-corrected chi connectivity index (χ2v) is 11.5. The average Bonchev–Trinajstić information content (AvgIpc) is 3.10. The second-order valence-electron chi connectivity index (χ2n) is 9.82. The molecule has 7 atom stereocenters. The summed E-state index contributed by atoms with van der Waals surface area (Å²) in [6.45, 7) is 6.35. The van der Waals surface area contributed by atoms with Crippen molar-refractivity contribution >= 4 is 19.5 Å². The Kier molecular flexibility index (Phi) is 9.85. The molecular formula is C25H33FN3O10P. The van der Waals surface area contributed by atoms with Gasteiger partial charge in [0.05, 0.1) is 6.61 Å². The van der Waals surface area contributed by atoms with Gasteiger partial charge in [-0.3, -0.25) is 28.5 Å². The van der Waals surface area contributed by atoms with Crippen LogP contribution in [0.4, 0.5) is 4.39 Å². The number of hydrogen-bond acceptors (Lipinski definition) is 10. The number of halogens is 1. The number of ketones is 1. The number of aliphatic hydroxyl groups excluding tert-OH is 1. The number of H-pyrrole nitrogens is 1. The van der Waals surface area contributed by atoms with Crippen LogP contribution in [0.25, 0.3) is 0 Å². The molecule has 0 spiro atoms. The Morgan fingerprint density at radius 2 is 1.85 bits per heavy atom. The number of aliphatic hydroxyl groups is 1. The van der Waals surface area contributed by atoms with Crippen LogP contribution in [0.1, 0.15) is 40.8 Å². The Morgan fingerprint density at radius 3 is 2.45 bits per heavy atom. The molecule has 40 heavy (non-hydrogen) atoms. The number of para-hydroxylation sites is 1. The van der Waals surface area contributed by atoms with Crippen LogP contribution in [0, 0.1) is 5.92 Å². The lowest BCUT2D eigenvalue weighted by molar-refractivity contribution is -0.156. The Balaban J connectivity index is 1.78. The molecule has 1 aliphatic rings. The summed E-state index contributed by atoms with van der Waals surface area (Å²) in [5, 5.41) is 13.1. The molecule has 0 aliphatic carbocycles. The number of rotatable bonds is 12. The number of esters is 1. The molecule has 3 N–H and O–H groups in total. The highest BCUT2D eigenvalue weighted by Crippen LogP contribution is 2.47. The molecule has 15 heteroatoms. The monoisotopic (exact) mass is 585 g/mol. The Bertz CT molecular complexity index is 1360. The van der Waals surface area contributed by atoms with Crippen molar-refractivity contribution in [1.82, 2.24) is 14.6 Å².